The zero-order valence-corrected chi connectivity index (χ0v) is 17.0. The number of amides is 2. The lowest BCUT2D eigenvalue weighted by Gasteiger charge is -2.35. The number of sulfonamides is 1. The summed E-state index contributed by atoms with van der Waals surface area (Å²) in [5.74, 6) is -0.277. The average molecular weight is 413 g/mol. The Labute approximate surface area is 170 Å². The van der Waals surface area contributed by atoms with Gasteiger partial charge in [-0.25, -0.2) is 8.42 Å². The van der Waals surface area contributed by atoms with Gasteiger partial charge in [-0.05, 0) is 48.7 Å². The fraction of sp³-hybridized carbons (Fsp3) is 0.333. The molecule has 0 aliphatic carbocycles. The first-order chi connectivity index (χ1) is 13.9. The molecule has 0 bridgehead atoms. The summed E-state index contributed by atoms with van der Waals surface area (Å²) >= 11 is 0. The standard InChI is InChI=1S/C21H23N3O4S/c1-15-5-2-3-6-18(15)20-21(26)22-12-14-24(20)29(27,28)17-10-8-16(9-11-17)23-13-4-7-19(23)25/h2-3,5-6,8-11,20H,4,7,12-14H2,1H3,(H,22,26). The lowest BCUT2D eigenvalue weighted by Crippen LogP contribution is -2.52. The second-order valence-electron chi connectivity index (χ2n) is 7.31. The van der Waals surface area contributed by atoms with Crippen LogP contribution in [-0.4, -0.2) is 44.2 Å². The fourth-order valence-electron chi connectivity index (χ4n) is 3.95. The minimum Gasteiger partial charge on any atom is -0.353 e. The van der Waals surface area contributed by atoms with Crippen LogP contribution in [0.15, 0.2) is 53.4 Å². The average Bonchev–Trinajstić information content (AvgIpc) is 3.14. The molecule has 1 atom stereocenters. The Morgan fingerprint density at radius 2 is 1.72 bits per heavy atom. The minimum atomic E-state index is -3.89. The maximum atomic E-state index is 13.4. The van der Waals surface area contributed by atoms with Gasteiger partial charge < -0.3 is 10.2 Å². The van der Waals surface area contributed by atoms with Gasteiger partial charge in [-0.15, -0.1) is 0 Å². The number of carbonyl (C=O) groups excluding carboxylic acids is 2. The van der Waals surface area contributed by atoms with Crippen molar-refractivity contribution in [2.75, 3.05) is 24.5 Å². The molecule has 2 fully saturated rings. The van der Waals surface area contributed by atoms with Crippen LogP contribution in [0.4, 0.5) is 5.69 Å². The predicted molar refractivity (Wildman–Crippen MR) is 109 cm³/mol. The highest BCUT2D eigenvalue weighted by molar-refractivity contribution is 7.89. The molecule has 29 heavy (non-hydrogen) atoms. The Hall–Kier alpha value is -2.71. The van der Waals surface area contributed by atoms with E-state index in [-0.39, 0.29) is 29.8 Å². The van der Waals surface area contributed by atoms with Gasteiger partial charge in [0.15, 0.2) is 0 Å². The van der Waals surface area contributed by atoms with Crippen molar-refractivity contribution in [2.24, 2.45) is 0 Å². The zero-order valence-electron chi connectivity index (χ0n) is 16.2. The van der Waals surface area contributed by atoms with Gasteiger partial charge in [0.1, 0.15) is 6.04 Å². The maximum absolute atomic E-state index is 13.4. The Bertz CT molecular complexity index is 1050. The fourth-order valence-corrected chi connectivity index (χ4v) is 5.52. The summed E-state index contributed by atoms with van der Waals surface area (Å²) < 4.78 is 28.0. The van der Waals surface area contributed by atoms with Crippen molar-refractivity contribution in [1.82, 2.24) is 9.62 Å². The number of anilines is 1. The Kier molecular flexibility index (Phi) is 5.14. The lowest BCUT2D eigenvalue weighted by molar-refractivity contribution is -0.127. The quantitative estimate of drug-likeness (QED) is 0.830. The highest BCUT2D eigenvalue weighted by Crippen LogP contribution is 2.32. The number of piperazine rings is 1. The molecule has 2 saturated heterocycles. The molecule has 0 saturated carbocycles. The molecular weight excluding hydrogens is 390 g/mol. The van der Waals surface area contributed by atoms with E-state index in [2.05, 4.69) is 5.32 Å². The topological polar surface area (TPSA) is 86.8 Å². The third-order valence-corrected chi connectivity index (χ3v) is 7.36. The summed E-state index contributed by atoms with van der Waals surface area (Å²) in [6.45, 7) is 2.97. The summed E-state index contributed by atoms with van der Waals surface area (Å²) in [5.41, 5.74) is 2.23. The van der Waals surface area contributed by atoms with Crippen LogP contribution < -0.4 is 10.2 Å². The van der Waals surface area contributed by atoms with Crippen LogP contribution in [0.2, 0.25) is 0 Å². The van der Waals surface area contributed by atoms with Crippen molar-refractivity contribution < 1.29 is 18.0 Å². The van der Waals surface area contributed by atoms with Crippen LogP contribution in [0.25, 0.3) is 0 Å². The number of hydrogen-bond donors (Lipinski definition) is 1. The molecular formula is C21H23N3O4S. The smallest absolute Gasteiger partial charge is 0.244 e. The molecule has 2 heterocycles. The summed E-state index contributed by atoms with van der Waals surface area (Å²) in [6.07, 6.45) is 1.32. The van der Waals surface area contributed by atoms with Gasteiger partial charge in [-0.3, -0.25) is 9.59 Å². The monoisotopic (exact) mass is 413 g/mol. The number of rotatable bonds is 4. The molecule has 4 rings (SSSR count). The zero-order chi connectivity index (χ0) is 20.6. The number of nitrogens with one attached hydrogen (secondary N) is 1. The highest BCUT2D eigenvalue weighted by Gasteiger charge is 2.40. The van der Waals surface area contributed by atoms with E-state index in [0.29, 0.717) is 24.2 Å². The molecule has 2 aliphatic rings. The third-order valence-electron chi connectivity index (χ3n) is 5.48. The normalized spacial score (nSPS) is 20.7. The van der Waals surface area contributed by atoms with Gasteiger partial charge in [0.2, 0.25) is 21.8 Å². The molecule has 2 aromatic rings. The van der Waals surface area contributed by atoms with Crippen molar-refractivity contribution in [2.45, 2.75) is 30.7 Å². The molecule has 0 radical (unpaired) electrons. The second kappa shape index (κ2) is 7.61. The van der Waals surface area contributed by atoms with Crippen molar-refractivity contribution in [3.8, 4) is 0 Å². The van der Waals surface area contributed by atoms with E-state index in [1.165, 1.54) is 16.4 Å². The van der Waals surface area contributed by atoms with Crippen LogP contribution in [0.1, 0.15) is 30.0 Å². The van der Waals surface area contributed by atoms with Gasteiger partial charge in [-0.1, -0.05) is 24.3 Å². The lowest BCUT2D eigenvalue weighted by atomic mass is 9.99. The summed E-state index contributed by atoms with van der Waals surface area (Å²) in [5, 5.41) is 2.77. The Morgan fingerprint density at radius 1 is 1.00 bits per heavy atom. The molecule has 2 aliphatic heterocycles. The second-order valence-corrected chi connectivity index (χ2v) is 9.20. The van der Waals surface area contributed by atoms with E-state index in [0.717, 1.165) is 12.0 Å². The first-order valence-electron chi connectivity index (χ1n) is 9.65. The van der Waals surface area contributed by atoms with E-state index in [4.69, 9.17) is 0 Å². The van der Waals surface area contributed by atoms with Gasteiger partial charge in [0.25, 0.3) is 0 Å². The van der Waals surface area contributed by atoms with Gasteiger partial charge in [0.05, 0.1) is 4.90 Å². The minimum absolute atomic E-state index is 0.0490. The molecule has 8 heteroatoms. The van der Waals surface area contributed by atoms with Gasteiger partial charge >= 0.3 is 0 Å². The van der Waals surface area contributed by atoms with Gasteiger partial charge in [-0.2, -0.15) is 4.31 Å². The number of hydrogen-bond acceptors (Lipinski definition) is 4. The number of benzene rings is 2. The van der Waals surface area contributed by atoms with E-state index in [1.54, 1.807) is 29.2 Å². The molecule has 2 amide bonds. The molecule has 2 aromatic carbocycles. The van der Waals surface area contributed by atoms with Crippen LogP contribution in [0.5, 0.6) is 0 Å². The Balaban J connectivity index is 1.68. The molecule has 1 N–H and O–H groups in total. The number of nitrogens with zero attached hydrogens (tertiary/aromatic N) is 2. The molecule has 0 aromatic heterocycles. The van der Waals surface area contributed by atoms with Crippen LogP contribution in [0, 0.1) is 6.92 Å². The van der Waals surface area contributed by atoms with Crippen LogP contribution in [-0.2, 0) is 19.6 Å². The highest BCUT2D eigenvalue weighted by atomic mass is 32.2. The predicted octanol–water partition coefficient (Wildman–Crippen LogP) is 1.98. The van der Waals surface area contributed by atoms with E-state index in [9.17, 15) is 18.0 Å². The largest absolute Gasteiger partial charge is 0.353 e. The van der Waals surface area contributed by atoms with E-state index in [1.807, 2.05) is 19.1 Å². The molecule has 7 nitrogen and oxygen atoms in total. The van der Waals surface area contributed by atoms with Crippen molar-refractivity contribution in [3.63, 3.8) is 0 Å². The SMILES string of the molecule is Cc1ccccc1C1C(=O)NCCN1S(=O)(=O)c1ccc(N2CCCC2=O)cc1. The molecule has 1 unspecified atom stereocenters. The summed E-state index contributed by atoms with van der Waals surface area (Å²) in [6, 6.07) is 12.7. The Morgan fingerprint density at radius 3 is 2.38 bits per heavy atom. The maximum Gasteiger partial charge on any atom is 0.244 e. The first kappa shape index (κ1) is 19.6. The van der Waals surface area contributed by atoms with Gasteiger partial charge in [0, 0.05) is 31.7 Å². The van der Waals surface area contributed by atoms with Crippen molar-refractivity contribution in [3.05, 3.63) is 59.7 Å². The van der Waals surface area contributed by atoms with E-state index >= 15 is 0 Å². The number of carbonyl (C=O) groups is 2. The van der Waals surface area contributed by atoms with Crippen LogP contribution in [0.3, 0.4) is 0 Å². The van der Waals surface area contributed by atoms with E-state index < -0.39 is 16.1 Å². The van der Waals surface area contributed by atoms with Crippen LogP contribution >= 0.6 is 0 Å². The summed E-state index contributed by atoms with van der Waals surface area (Å²) in [4.78, 5) is 26.3. The first-order valence-corrected chi connectivity index (χ1v) is 11.1. The van der Waals surface area contributed by atoms with Crippen molar-refractivity contribution >= 4 is 27.5 Å². The molecule has 152 valence electrons. The third kappa shape index (κ3) is 3.54. The van der Waals surface area contributed by atoms with Crippen molar-refractivity contribution in [1.29, 1.82) is 0 Å². The number of aryl methyl sites for hydroxylation is 1. The summed E-state index contributed by atoms with van der Waals surface area (Å²) in [7, 11) is -3.89. The molecule has 0 spiro atoms.